The Morgan fingerprint density at radius 3 is 2.40 bits per heavy atom. The second kappa shape index (κ2) is 7.94. The fourth-order valence-electron chi connectivity index (χ4n) is 4.16. The van der Waals surface area contributed by atoms with Crippen molar-refractivity contribution in [3.63, 3.8) is 0 Å². The molecule has 6 heteroatoms. The van der Waals surface area contributed by atoms with Gasteiger partial charge in [0.05, 0.1) is 12.0 Å². The third kappa shape index (κ3) is 3.95. The summed E-state index contributed by atoms with van der Waals surface area (Å²) in [4.78, 5) is 19.2. The fraction of sp³-hybridized carbons (Fsp3) is 0.375. The minimum Gasteiger partial charge on any atom is -0.491 e. The maximum Gasteiger partial charge on any atom is 0.232 e. The molecule has 4 rings (SSSR count). The van der Waals surface area contributed by atoms with Gasteiger partial charge in [-0.1, -0.05) is 22.9 Å². The number of hydrogen-bond donors (Lipinski definition) is 0. The number of ether oxygens (including phenoxy) is 1. The maximum absolute atomic E-state index is 12.8. The van der Waals surface area contributed by atoms with Crippen LogP contribution >= 0.6 is 0 Å². The molecule has 0 bridgehead atoms. The lowest BCUT2D eigenvalue weighted by molar-refractivity contribution is -0.117. The minimum absolute atomic E-state index is 0.0880. The van der Waals surface area contributed by atoms with E-state index in [0.29, 0.717) is 24.7 Å². The molecule has 156 valence electrons. The molecule has 0 radical (unpaired) electrons. The van der Waals surface area contributed by atoms with Crippen molar-refractivity contribution in [2.24, 2.45) is 0 Å². The van der Waals surface area contributed by atoms with Crippen molar-refractivity contribution in [1.82, 2.24) is 10.1 Å². The maximum atomic E-state index is 12.8. The average molecular weight is 405 g/mol. The van der Waals surface area contributed by atoms with Crippen LogP contribution in [0.2, 0.25) is 0 Å². The van der Waals surface area contributed by atoms with Gasteiger partial charge < -0.3 is 14.2 Å². The van der Waals surface area contributed by atoms with E-state index in [1.807, 2.05) is 56.9 Å². The lowest BCUT2D eigenvalue weighted by Crippen LogP contribution is -2.26. The van der Waals surface area contributed by atoms with Gasteiger partial charge in [0.25, 0.3) is 0 Å². The van der Waals surface area contributed by atoms with Crippen LogP contribution < -0.4 is 9.64 Å². The number of amides is 1. The summed E-state index contributed by atoms with van der Waals surface area (Å²) in [7, 11) is 0. The molecule has 0 N–H and O–H groups in total. The summed E-state index contributed by atoms with van der Waals surface area (Å²) < 4.78 is 11.2. The normalized spacial score (nSPS) is 16.5. The molecule has 1 atom stereocenters. The topological polar surface area (TPSA) is 68.5 Å². The van der Waals surface area contributed by atoms with E-state index in [1.54, 1.807) is 0 Å². The monoisotopic (exact) mass is 405 g/mol. The van der Waals surface area contributed by atoms with Gasteiger partial charge in [-0.05, 0) is 70.0 Å². The van der Waals surface area contributed by atoms with E-state index in [-0.39, 0.29) is 17.9 Å². The van der Waals surface area contributed by atoms with Crippen molar-refractivity contribution < 1.29 is 14.1 Å². The first-order valence-electron chi connectivity index (χ1n) is 10.3. The van der Waals surface area contributed by atoms with Crippen molar-refractivity contribution in [3.8, 4) is 17.1 Å². The van der Waals surface area contributed by atoms with Crippen LogP contribution in [0.5, 0.6) is 5.75 Å². The van der Waals surface area contributed by atoms with Gasteiger partial charge in [0.2, 0.25) is 17.6 Å². The third-order valence-corrected chi connectivity index (χ3v) is 5.31. The molecule has 0 aliphatic carbocycles. The average Bonchev–Trinajstić information content (AvgIpc) is 3.29. The molecule has 2 heterocycles. The highest BCUT2D eigenvalue weighted by molar-refractivity contribution is 5.97. The molecule has 0 saturated carbocycles. The molecule has 1 unspecified atom stereocenters. The molecule has 0 spiro atoms. The molecule has 1 fully saturated rings. The van der Waals surface area contributed by atoms with Gasteiger partial charge in [-0.3, -0.25) is 4.79 Å². The second-order valence-corrected chi connectivity index (χ2v) is 8.30. The van der Waals surface area contributed by atoms with Gasteiger partial charge >= 0.3 is 0 Å². The minimum atomic E-state index is -0.109. The van der Waals surface area contributed by atoms with E-state index in [2.05, 4.69) is 29.2 Å². The first kappa shape index (κ1) is 20.1. The Morgan fingerprint density at radius 2 is 1.77 bits per heavy atom. The molecule has 3 aromatic rings. The zero-order valence-corrected chi connectivity index (χ0v) is 18.1. The Labute approximate surface area is 176 Å². The molecular formula is C24H27N3O3. The van der Waals surface area contributed by atoms with Crippen molar-refractivity contribution >= 4 is 11.6 Å². The molecule has 6 nitrogen and oxygen atoms in total. The molecule has 1 aliphatic rings. The number of benzene rings is 2. The second-order valence-electron chi connectivity index (χ2n) is 8.30. The number of aromatic nitrogens is 2. The number of nitrogens with zero attached hydrogens (tertiary/aromatic N) is 3. The fourth-order valence-corrected chi connectivity index (χ4v) is 4.16. The van der Waals surface area contributed by atoms with Crippen molar-refractivity contribution in [1.29, 1.82) is 0 Å². The number of carbonyl (C=O) groups is 1. The molecular weight excluding hydrogens is 378 g/mol. The van der Waals surface area contributed by atoms with Gasteiger partial charge in [-0.2, -0.15) is 4.98 Å². The predicted molar refractivity (Wildman–Crippen MR) is 116 cm³/mol. The van der Waals surface area contributed by atoms with Gasteiger partial charge in [0, 0.05) is 24.2 Å². The summed E-state index contributed by atoms with van der Waals surface area (Å²) in [5, 5.41) is 4.13. The Balaban J connectivity index is 1.53. The van der Waals surface area contributed by atoms with E-state index in [1.165, 1.54) is 5.56 Å². The Bertz CT molecular complexity index is 1050. The lowest BCUT2D eigenvalue weighted by atomic mass is 10.0. The molecule has 30 heavy (non-hydrogen) atoms. The van der Waals surface area contributed by atoms with Crippen molar-refractivity contribution in [2.45, 2.75) is 53.1 Å². The summed E-state index contributed by atoms with van der Waals surface area (Å²) in [5.74, 6) is 1.81. The molecule has 2 aromatic carbocycles. The van der Waals surface area contributed by atoms with Crippen LogP contribution in [-0.4, -0.2) is 28.7 Å². The van der Waals surface area contributed by atoms with Gasteiger partial charge in [0.15, 0.2) is 0 Å². The molecule has 1 saturated heterocycles. The van der Waals surface area contributed by atoms with Crippen LogP contribution in [0.15, 0.2) is 40.9 Å². The van der Waals surface area contributed by atoms with Crippen LogP contribution in [-0.2, 0) is 4.79 Å². The summed E-state index contributed by atoms with van der Waals surface area (Å²) in [6.45, 7) is 10.7. The van der Waals surface area contributed by atoms with E-state index in [9.17, 15) is 4.79 Å². The van der Waals surface area contributed by atoms with E-state index < -0.39 is 0 Å². The SMILES string of the molecule is Cc1cc(C)c(N2CC(c3nc(-c4ccc(OC(C)C)cc4)no3)CC2=O)c(C)c1. The Hall–Kier alpha value is -3.15. The molecule has 1 aromatic heterocycles. The van der Waals surface area contributed by atoms with Gasteiger partial charge in [-0.25, -0.2) is 0 Å². The van der Waals surface area contributed by atoms with Crippen molar-refractivity contribution in [3.05, 3.63) is 59.0 Å². The zero-order valence-electron chi connectivity index (χ0n) is 18.1. The first-order valence-corrected chi connectivity index (χ1v) is 10.3. The van der Waals surface area contributed by atoms with E-state index in [4.69, 9.17) is 9.26 Å². The Morgan fingerprint density at radius 1 is 1.10 bits per heavy atom. The number of carbonyl (C=O) groups excluding carboxylic acids is 1. The summed E-state index contributed by atoms with van der Waals surface area (Å²) >= 11 is 0. The standard InChI is InChI=1S/C24H27N3O3/c1-14(2)29-20-8-6-18(7-9-20)23-25-24(30-26-23)19-12-21(28)27(13-19)22-16(4)10-15(3)11-17(22)5/h6-11,14,19H,12-13H2,1-5H3. The quantitative estimate of drug-likeness (QED) is 0.599. The number of aryl methyl sites for hydroxylation is 3. The molecule has 1 amide bonds. The van der Waals surface area contributed by atoms with Crippen LogP contribution in [0.1, 0.15) is 48.8 Å². The van der Waals surface area contributed by atoms with Crippen LogP contribution in [0.3, 0.4) is 0 Å². The Kier molecular flexibility index (Phi) is 5.33. The highest BCUT2D eigenvalue weighted by Gasteiger charge is 2.36. The smallest absolute Gasteiger partial charge is 0.232 e. The van der Waals surface area contributed by atoms with E-state index in [0.717, 1.165) is 28.1 Å². The number of hydrogen-bond acceptors (Lipinski definition) is 5. The van der Waals surface area contributed by atoms with Crippen LogP contribution in [0.25, 0.3) is 11.4 Å². The highest BCUT2D eigenvalue weighted by atomic mass is 16.5. The number of rotatable bonds is 5. The predicted octanol–water partition coefficient (Wildman–Crippen LogP) is 4.97. The van der Waals surface area contributed by atoms with Crippen molar-refractivity contribution in [2.75, 3.05) is 11.4 Å². The largest absolute Gasteiger partial charge is 0.491 e. The van der Waals surface area contributed by atoms with Gasteiger partial charge in [-0.15, -0.1) is 0 Å². The van der Waals surface area contributed by atoms with Gasteiger partial charge in [0.1, 0.15) is 5.75 Å². The summed E-state index contributed by atoms with van der Waals surface area (Å²) in [5.41, 5.74) is 5.26. The summed E-state index contributed by atoms with van der Waals surface area (Å²) in [6.07, 6.45) is 0.492. The van der Waals surface area contributed by atoms with E-state index >= 15 is 0 Å². The van der Waals surface area contributed by atoms with Crippen LogP contribution in [0.4, 0.5) is 5.69 Å². The zero-order chi connectivity index (χ0) is 21.4. The van der Waals surface area contributed by atoms with Crippen LogP contribution in [0, 0.1) is 20.8 Å². The third-order valence-electron chi connectivity index (χ3n) is 5.31. The first-order chi connectivity index (χ1) is 14.3. The lowest BCUT2D eigenvalue weighted by Gasteiger charge is -2.21. The highest BCUT2D eigenvalue weighted by Crippen LogP contribution is 2.35. The summed E-state index contributed by atoms with van der Waals surface area (Å²) in [6, 6.07) is 11.8. The number of anilines is 1. The molecule has 1 aliphatic heterocycles.